The number of aldehydes is 1. The van der Waals surface area contributed by atoms with E-state index in [0.29, 0.717) is 5.95 Å². The number of carbonyl (C=O) groups excluding carboxylic acids is 1. The normalized spacial score (nSPS) is 21.6. The molecule has 5 rings (SSSR count). The molecule has 0 radical (unpaired) electrons. The third-order valence-electron chi connectivity index (χ3n) is 5.99. The van der Waals surface area contributed by atoms with Crippen molar-refractivity contribution in [1.29, 1.82) is 0 Å². The molecule has 0 aliphatic carbocycles. The highest BCUT2D eigenvalue weighted by Gasteiger charge is 2.39. The van der Waals surface area contributed by atoms with E-state index in [-0.39, 0.29) is 6.04 Å². The van der Waals surface area contributed by atoms with E-state index in [9.17, 15) is 4.79 Å². The van der Waals surface area contributed by atoms with Crippen LogP contribution in [-0.2, 0) is 4.79 Å². The van der Waals surface area contributed by atoms with Crippen LogP contribution in [0.3, 0.4) is 0 Å². The van der Waals surface area contributed by atoms with Gasteiger partial charge < -0.3 is 14.4 Å². The van der Waals surface area contributed by atoms with Crippen LogP contribution in [0.25, 0.3) is 11.0 Å². The summed E-state index contributed by atoms with van der Waals surface area (Å²) in [5.41, 5.74) is 2.84. The van der Waals surface area contributed by atoms with Crippen molar-refractivity contribution in [1.82, 2.24) is 14.5 Å². The van der Waals surface area contributed by atoms with E-state index in [1.54, 1.807) is 7.11 Å². The van der Waals surface area contributed by atoms with Crippen LogP contribution in [0, 0.1) is 5.92 Å². The van der Waals surface area contributed by atoms with E-state index in [2.05, 4.69) is 9.47 Å². The first-order valence-electron chi connectivity index (χ1n) is 10.2. The summed E-state index contributed by atoms with van der Waals surface area (Å²) >= 11 is 0. The molecule has 1 aromatic heterocycles. The van der Waals surface area contributed by atoms with Crippen molar-refractivity contribution in [2.24, 2.45) is 10.9 Å². The maximum Gasteiger partial charge on any atom is 0.232 e. The molecule has 6 heteroatoms. The predicted octanol–water partition coefficient (Wildman–Crippen LogP) is 3.98. The monoisotopic (exact) mass is 388 g/mol. The van der Waals surface area contributed by atoms with Crippen LogP contribution < -0.4 is 4.74 Å². The lowest BCUT2D eigenvalue weighted by molar-refractivity contribution is -0.110. The summed E-state index contributed by atoms with van der Waals surface area (Å²) in [7, 11) is 1.67. The SMILES string of the molecule is COc1ccccc1C1C(C=O)C(N2CCCCC2)=Nc2nc3ccccc3n21. The number of likely N-dealkylation sites (tertiary alicyclic amines) is 1. The number of benzene rings is 2. The van der Waals surface area contributed by atoms with Gasteiger partial charge in [-0.3, -0.25) is 4.57 Å². The molecular weight excluding hydrogens is 364 g/mol. The van der Waals surface area contributed by atoms with Crippen LogP contribution in [0.1, 0.15) is 30.9 Å². The summed E-state index contributed by atoms with van der Waals surface area (Å²) in [6, 6.07) is 15.7. The molecule has 6 nitrogen and oxygen atoms in total. The van der Waals surface area contributed by atoms with Gasteiger partial charge in [0, 0.05) is 18.7 Å². The standard InChI is InChI=1S/C23H24N4O2/c1-29-20-12-6-3-9-16(20)21-17(15-28)22(26-13-7-2-8-14-26)25-23-24-18-10-4-5-11-19(18)27(21)23/h3-6,9-12,15,17,21H,2,7-8,13-14H2,1H3. The number of aromatic nitrogens is 2. The Morgan fingerprint density at radius 2 is 1.79 bits per heavy atom. The van der Waals surface area contributed by atoms with Gasteiger partial charge >= 0.3 is 0 Å². The average Bonchev–Trinajstić information content (AvgIpc) is 3.16. The number of aliphatic imine (C=N–C) groups is 1. The number of methoxy groups -OCH3 is 1. The lowest BCUT2D eigenvalue weighted by Crippen LogP contribution is -2.45. The molecule has 2 aliphatic heterocycles. The number of piperidine rings is 1. The minimum absolute atomic E-state index is 0.250. The molecule has 0 N–H and O–H groups in total. The lowest BCUT2D eigenvalue weighted by Gasteiger charge is -2.38. The second kappa shape index (κ2) is 7.35. The van der Waals surface area contributed by atoms with Gasteiger partial charge in [-0.05, 0) is 37.5 Å². The van der Waals surface area contributed by atoms with Gasteiger partial charge in [-0.15, -0.1) is 0 Å². The second-order valence-corrected chi connectivity index (χ2v) is 7.64. The van der Waals surface area contributed by atoms with Gasteiger partial charge in [-0.25, -0.2) is 4.98 Å². The van der Waals surface area contributed by atoms with Crippen LogP contribution in [0.4, 0.5) is 5.95 Å². The Balaban J connectivity index is 1.76. The summed E-state index contributed by atoms with van der Waals surface area (Å²) < 4.78 is 7.77. The van der Waals surface area contributed by atoms with Crippen LogP contribution in [-0.4, -0.2) is 46.8 Å². The van der Waals surface area contributed by atoms with Gasteiger partial charge in [0.25, 0.3) is 0 Å². The molecule has 0 spiro atoms. The van der Waals surface area contributed by atoms with Crippen LogP contribution in [0.5, 0.6) is 5.75 Å². The van der Waals surface area contributed by atoms with Crippen LogP contribution >= 0.6 is 0 Å². The van der Waals surface area contributed by atoms with E-state index in [1.165, 1.54) is 6.42 Å². The number of para-hydroxylation sites is 3. The Labute approximate surface area is 169 Å². The zero-order chi connectivity index (χ0) is 19.8. The summed E-state index contributed by atoms with van der Waals surface area (Å²) in [5.74, 6) is 1.86. The van der Waals surface area contributed by atoms with E-state index >= 15 is 0 Å². The molecule has 1 saturated heterocycles. The molecule has 148 valence electrons. The van der Waals surface area contributed by atoms with E-state index in [4.69, 9.17) is 14.7 Å². The van der Waals surface area contributed by atoms with Crippen molar-refractivity contribution < 1.29 is 9.53 Å². The topological polar surface area (TPSA) is 59.7 Å². The number of carbonyl (C=O) groups is 1. The average molecular weight is 388 g/mol. The number of fused-ring (bicyclic) bond motifs is 3. The fourth-order valence-corrected chi connectivity index (χ4v) is 4.65. The van der Waals surface area contributed by atoms with Gasteiger partial charge in [0.05, 0.1) is 30.1 Å². The van der Waals surface area contributed by atoms with Crippen molar-refractivity contribution >= 4 is 29.1 Å². The highest BCUT2D eigenvalue weighted by Crippen LogP contribution is 2.42. The summed E-state index contributed by atoms with van der Waals surface area (Å²) in [5, 5.41) is 0. The first kappa shape index (κ1) is 17.9. The lowest BCUT2D eigenvalue weighted by atomic mass is 9.89. The van der Waals surface area contributed by atoms with Gasteiger partial charge in [-0.1, -0.05) is 30.3 Å². The highest BCUT2D eigenvalue weighted by molar-refractivity contribution is 6.00. The second-order valence-electron chi connectivity index (χ2n) is 7.64. The van der Waals surface area contributed by atoms with Gasteiger partial charge in [0.15, 0.2) is 0 Å². The molecule has 0 bridgehead atoms. The number of ether oxygens (including phenoxy) is 1. The van der Waals surface area contributed by atoms with E-state index < -0.39 is 5.92 Å². The quantitative estimate of drug-likeness (QED) is 0.637. The molecule has 1 fully saturated rings. The fraction of sp³-hybridized carbons (Fsp3) is 0.348. The molecule has 3 aromatic rings. The van der Waals surface area contributed by atoms with E-state index in [0.717, 1.165) is 60.4 Å². The van der Waals surface area contributed by atoms with E-state index in [1.807, 2.05) is 48.5 Å². The first-order chi connectivity index (χ1) is 14.3. The number of hydrogen-bond acceptors (Lipinski definition) is 5. The fourth-order valence-electron chi connectivity index (χ4n) is 4.65. The molecule has 29 heavy (non-hydrogen) atoms. The molecule has 0 amide bonds. The Hall–Kier alpha value is -3.15. The number of hydrogen-bond donors (Lipinski definition) is 0. The van der Waals surface area contributed by atoms with Crippen molar-refractivity contribution in [3.8, 4) is 5.75 Å². The molecule has 0 saturated carbocycles. The van der Waals surface area contributed by atoms with Crippen molar-refractivity contribution in [3.63, 3.8) is 0 Å². The summed E-state index contributed by atoms with van der Waals surface area (Å²) in [6.07, 6.45) is 4.52. The zero-order valence-electron chi connectivity index (χ0n) is 16.5. The maximum absolute atomic E-state index is 12.5. The number of rotatable bonds is 3. The Kier molecular flexibility index (Phi) is 4.54. The third-order valence-corrected chi connectivity index (χ3v) is 5.99. The Morgan fingerprint density at radius 3 is 2.59 bits per heavy atom. The first-order valence-corrected chi connectivity index (χ1v) is 10.2. The molecule has 2 aliphatic rings. The maximum atomic E-state index is 12.5. The van der Waals surface area contributed by atoms with Crippen molar-refractivity contribution in [2.45, 2.75) is 25.3 Å². The number of amidine groups is 1. The van der Waals surface area contributed by atoms with Crippen LogP contribution in [0.15, 0.2) is 53.5 Å². The number of imidazole rings is 1. The molecular formula is C23H24N4O2. The molecule has 2 unspecified atom stereocenters. The zero-order valence-corrected chi connectivity index (χ0v) is 16.5. The smallest absolute Gasteiger partial charge is 0.232 e. The van der Waals surface area contributed by atoms with Crippen LogP contribution in [0.2, 0.25) is 0 Å². The molecule has 2 aromatic carbocycles. The highest BCUT2D eigenvalue weighted by atomic mass is 16.5. The van der Waals surface area contributed by atoms with Gasteiger partial charge in [0.2, 0.25) is 5.95 Å². The minimum atomic E-state index is -0.394. The van der Waals surface area contributed by atoms with Gasteiger partial charge in [0.1, 0.15) is 17.9 Å². The molecule has 3 heterocycles. The van der Waals surface area contributed by atoms with Gasteiger partial charge in [-0.2, -0.15) is 4.99 Å². The van der Waals surface area contributed by atoms with Crippen molar-refractivity contribution in [2.75, 3.05) is 20.2 Å². The predicted molar refractivity (Wildman–Crippen MR) is 113 cm³/mol. The Bertz CT molecular complexity index is 1080. The molecule has 2 atom stereocenters. The third kappa shape index (κ3) is 2.90. The Morgan fingerprint density at radius 1 is 1.03 bits per heavy atom. The number of nitrogens with zero attached hydrogens (tertiary/aromatic N) is 4. The minimum Gasteiger partial charge on any atom is -0.496 e. The van der Waals surface area contributed by atoms with Crippen molar-refractivity contribution in [3.05, 3.63) is 54.1 Å². The summed E-state index contributed by atoms with van der Waals surface area (Å²) in [6.45, 7) is 1.87. The summed E-state index contributed by atoms with van der Waals surface area (Å²) in [4.78, 5) is 24.5. The largest absolute Gasteiger partial charge is 0.496 e.